The monoisotopic (exact) mass is 202 g/mol. The Bertz CT molecular complexity index is 492. The second-order valence-electron chi connectivity index (χ2n) is 2.75. The van der Waals surface area contributed by atoms with Gasteiger partial charge in [0.25, 0.3) is 5.91 Å². The highest BCUT2D eigenvalue weighted by Gasteiger charge is 2.01. The van der Waals surface area contributed by atoms with Crippen LogP contribution >= 0.6 is 0 Å². The fourth-order valence-corrected chi connectivity index (χ4v) is 1.03. The van der Waals surface area contributed by atoms with Crippen LogP contribution in [0.25, 0.3) is 0 Å². The standard InChI is InChI=1S/C11H7FN2O/c12-10-3-1-8(5-6-13)9(7-10)2-4-11(14)15/h1,3,7H,5H2,(H2,14,15). The van der Waals surface area contributed by atoms with E-state index < -0.39 is 11.7 Å². The van der Waals surface area contributed by atoms with E-state index in [0.717, 1.165) is 0 Å². The average molecular weight is 202 g/mol. The lowest BCUT2D eigenvalue weighted by Gasteiger charge is -1.98. The molecule has 1 rings (SSSR count). The summed E-state index contributed by atoms with van der Waals surface area (Å²) in [6, 6.07) is 5.79. The molecule has 15 heavy (non-hydrogen) atoms. The smallest absolute Gasteiger partial charge is 0.293 e. The number of carbonyl (C=O) groups is 1. The van der Waals surface area contributed by atoms with Gasteiger partial charge in [0.15, 0.2) is 0 Å². The van der Waals surface area contributed by atoms with Crippen LogP contribution in [-0.4, -0.2) is 5.91 Å². The van der Waals surface area contributed by atoms with Crippen molar-refractivity contribution in [1.29, 1.82) is 5.26 Å². The van der Waals surface area contributed by atoms with Gasteiger partial charge in [-0.3, -0.25) is 4.79 Å². The number of benzene rings is 1. The van der Waals surface area contributed by atoms with Crippen molar-refractivity contribution in [3.63, 3.8) is 0 Å². The zero-order valence-corrected chi connectivity index (χ0v) is 7.75. The Morgan fingerprint density at radius 2 is 2.27 bits per heavy atom. The van der Waals surface area contributed by atoms with Crippen molar-refractivity contribution < 1.29 is 9.18 Å². The predicted molar refractivity (Wildman–Crippen MR) is 51.8 cm³/mol. The Morgan fingerprint density at radius 3 is 2.87 bits per heavy atom. The minimum absolute atomic E-state index is 0.114. The summed E-state index contributed by atoms with van der Waals surface area (Å²) in [5.74, 6) is 3.27. The van der Waals surface area contributed by atoms with Gasteiger partial charge in [-0.2, -0.15) is 5.26 Å². The van der Waals surface area contributed by atoms with Crippen molar-refractivity contribution in [1.82, 2.24) is 0 Å². The molecule has 0 bridgehead atoms. The molecule has 1 amide bonds. The molecule has 0 radical (unpaired) electrons. The summed E-state index contributed by atoms with van der Waals surface area (Å²) >= 11 is 0. The highest BCUT2D eigenvalue weighted by molar-refractivity contribution is 5.92. The van der Waals surface area contributed by atoms with E-state index in [1.165, 1.54) is 18.2 Å². The highest BCUT2D eigenvalue weighted by Crippen LogP contribution is 2.10. The summed E-state index contributed by atoms with van der Waals surface area (Å²) in [5.41, 5.74) is 5.72. The van der Waals surface area contributed by atoms with Gasteiger partial charge in [0.2, 0.25) is 0 Å². The lowest BCUT2D eigenvalue weighted by molar-refractivity contribution is -0.112. The number of nitriles is 1. The second kappa shape index (κ2) is 4.78. The molecule has 74 valence electrons. The molecule has 0 aromatic heterocycles. The van der Waals surface area contributed by atoms with E-state index in [-0.39, 0.29) is 6.42 Å². The third kappa shape index (κ3) is 3.13. The van der Waals surface area contributed by atoms with E-state index in [2.05, 4.69) is 11.8 Å². The molecule has 0 fully saturated rings. The van der Waals surface area contributed by atoms with Crippen LogP contribution in [0.3, 0.4) is 0 Å². The highest BCUT2D eigenvalue weighted by atomic mass is 19.1. The van der Waals surface area contributed by atoms with Crippen molar-refractivity contribution in [2.45, 2.75) is 6.42 Å². The van der Waals surface area contributed by atoms with Gasteiger partial charge in [-0.25, -0.2) is 4.39 Å². The number of halogens is 1. The molecule has 1 aromatic rings. The molecular weight excluding hydrogens is 195 g/mol. The molecule has 3 nitrogen and oxygen atoms in total. The first-order valence-electron chi connectivity index (χ1n) is 4.10. The summed E-state index contributed by atoms with van der Waals surface area (Å²) in [7, 11) is 0. The molecule has 0 unspecified atom stereocenters. The van der Waals surface area contributed by atoms with Gasteiger partial charge in [-0.05, 0) is 23.6 Å². The summed E-state index contributed by atoms with van der Waals surface area (Å²) in [5, 5.41) is 8.51. The lowest BCUT2D eigenvalue weighted by Crippen LogP contribution is -2.06. The number of nitrogens with two attached hydrogens (primary N) is 1. The minimum Gasteiger partial charge on any atom is -0.359 e. The first kappa shape index (κ1) is 10.7. The maximum atomic E-state index is 12.8. The molecule has 4 heteroatoms. The Hall–Kier alpha value is -2.33. The van der Waals surface area contributed by atoms with Gasteiger partial charge in [-0.1, -0.05) is 12.0 Å². The normalized spacial score (nSPS) is 8.53. The number of hydrogen-bond donors (Lipinski definition) is 1. The van der Waals surface area contributed by atoms with Gasteiger partial charge < -0.3 is 5.73 Å². The van der Waals surface area contributed by atoms with Crippen LogP contribution in [0.2, 0.25) is 0 Å². The molecule has 2 N–H and O–H groups in total. The van der Waals surface area contributed by atoms with Crippen molar-refractivity contribution in [3.8, 4) is 17.9 Å². The average Bonchev–Trinajstić information content (AvgIpc) is 2.18. The Morgan fingerprint density at radius 1 is 1.53 bits per heavy atom. The van der Waals surface area contributed by atoms with Crippen LogP contribution < -0.4 is 5.73 Å². The number of rotatable bonds is 1. The number of amides is 1. The van der Waals surface area contributed by atoms with Crippen LogP contribution in [0.15, 0.2) is 18.2 Å². The van der Waals surface area contributed by atoms with Gasteiger partial charge in [0.1, 0.15) is 5.82 Å². The Balaban J connectivity index is 3.15. The minimum atomic E-state index is -0.790. The van der Waals surface area contributed by atoms with E-state index in [1.54, 1.807) is 0 Å². The molecule has 1 aromatic carbocycles. The van der Waals surface area contributed by atoms with E-state index in [9.17, 15) is 9.18 Å². The van der Waals surface area contributed by atoms with Crippen LogP contribution in [0.5, 0.6) is 0 Å². The van der Waals surface area contributed by atoms with Crippen molar-refractivity contribution in [2.24, 2.45) is 5.73 Å². The Kier molecular flexibility index (Phi) is 3.43. The first-order valence-corrected chi connectivity index (χ1v) is 4.10. The molecule has 0 aliphatic heterocycles. The summed E-state index contributed by atoms with van der Waals surface area (Å²) < 4.78 is 12.8. The molecule has 0 atom stereocenters. The van der Waals surface area contributed by atoms with Crippen LogP contribution in [0, 0.1) is 29.0 Å². The van der Waals surface area contributed by atoms with Crippen LogP contribution in [0.1, 0.15) is 11.1 Å². The van der Waals surface area contributed by atoms with E-state index >= 15 is 0 Å². The molecular formula is C11H7FN2O. The van der Waals surface area contributed by atoms with Crippen molar-refractivity contribution in [3.05, 3.63) is 35.1 Å². The number of primary amides is 1. The fourth-order valence-electron chi connectivity index (χ4n) is 1.03. The topological polar surface area (TPSA) is 66.9 Å². The summed E-state index contributed by atoms with van der Waals surface area (Å²) in [4.78, 5) is 10.4. The van der Waals surface area contributed by atoms with Crippen LogP contribution in [0.4, 0.5) is 4.39 Å². The van der Waals surface area contributed by atoms with Crippen molar-refractivity contribution in [2.75, 3.05) is 0 Å². The maximum absolute atomic E-state index is 12.8. The van der Waals surface area contributed by atoms with Gasteiger partial charge in [-0.15, -0.1) is 0 Å². The first-order chi connectivity index (χ1) is 7.13. The van der Waals surface area contributed by atoms with E-state index in [1.807, 2.05) is 6.07 Å². The SMILES string of the molecule is N#CCc1ccc(F)cc1C#CC(N)=O. The van der Waals surface area contributed by atoms with Crippen molar-refractivity contribution >= 4 is 5.91 Å². The zero-order valence-electron chi connectivity index (χ0n) is 7.75. The van der Waals surface area contributed by atoms with Crippen LogP contribution in [-0.2, 0) is 11.2 Å². The van der Waals surface area contributed by atoms with Gasteiger partial charge in [0.05, 0.1) is 12.5 Å². The van der Waals surface area contributed by atoms with E-state index in [4.69, 9.17) is 11.0 Å². The summed E-state index contributed by atoms with van der Waals surface area (Å²) in [6.45, 7) is 0. The summed E-state index contributed by atoms with van der Waals surface area (Å²) in [6.07, 6.45) is 0.114. The molecule has 0 saturated heterocycles. The maximum Gasteiger partial charge on any atom is 0.293 e. The third-order valence-electron chi connectivity index (χ3n) is 1.66. The molecule has 0 spiro atoms. The fraction of sp³-hybridized carbons (Fsp3) is 0.0909. The lowest BCUT2D eigenvalue weighted by atomic mass is 10.1. The van der Waals surface area contributed by atoms with E-state index in [0.29, 0.717) is 11.1 Å². The number of hydrogen-bond acceptors (Lipinski definition) is 2. The second-order valence-corrected chi connectivity index (χ2v) is 2.75. The molecule has 0 saturated carbocycles. The number of carbonyl (C=O) groups excluding carboxylic acids is 1. The molecule has 0 heterocycles. The quantitative estimate of drug-likeness (QED) is 0.682. The predicted octanol–water partition coefficient (Wildman–Crippen LogP) is 0.729. The van der Waals surface area contributed by atoms with Gasteiger partial charge >= 0.3 is 0 Å². The zero-order chi connectivity index (χ0) is 11.3. The molecule has 0 aliphatic carbocycles. The Labute approximate surface area is 86.3 Å². The van der Waals surface area contributed by atoms with Gasteiger partial charge in [0, 0.05) is 5.56 Å². The molecule has 0 aliphatic rings. The number of nitrogens with zero attached hydrogens (tertiary/aromatic N) is 1. The largest absolute Gasteiger partial charge is 0.359 e. The third-order valence-corrected chi connectivity index (χ3v) is 1.66.